The largest absolute Gasteiger partial charge is 0.341 e. The maximum atomic E-state index is 11.8. The van der Waals surface area contributed by atoms with E-state index in [1.807, 2.05) is 18.2 Å². The number of carbonyl (C=O) groups excluding carboxylic acids is 1. The van der Waals surface area contributed by atoms with Crippen LogP contribution in [0.4, 0.5) is 0 Å². The smallest absolute Gasteiger partial charge is 0.252 e. The van der Waals surface area contributed by atoms with Crippen molar-refractivity contribution in [3.05, 3.63) is 35.9 Å². The molecule has 0 spiro atoms. The third-order valence-corrected chi connectivity index (χ3v) is 3.09. The topological polar surface area (TPSA) is 32.3 Å². The average molecular weight is 272 g/mol. The summed E-state index contributed by atoms with van der Waals surface area (Å²) < 4.78 is 0. The van der Waals surface area contributed by atoms with Gasteiger partial charge in [-0.1, -0.05) is 30.0 Å². The van der Waals surface area contributed by atoms with E-state index in [1.165, 1.54) is 0 Å². The Morgan fingerprint density at radius 2 is 1.70 bits per heavy atom. The van der Waals surface area contributed by atoms with E-state index in [1.54, 1.807) is 12.1 Å². The summed E-state index contributed by atoms with van der Waals surface area (Å²) in [6, 6.07) is 10.1. The number of nitrogens with zero attached hydrogens (tertiary/aromatic N) is 1. The molecule has 20 heavy (non-hydrogen) atoms. The van der Waals surface area contributed by atoms with Gasteiger partial charge in [-0.2, -0.15) is 0 Å². The summed E-state index contributed by atoms with van der Waals surface area (Å²) in [6.07, 6.45) is 0. The molecule has 0 radical (unpaired) electrons. The van der Waals surface area contributed by atoms with E-state index in [0.29, 0.717) is 24.2 Å². The van der Waals surface area contributed by atoms with E-state index < -0.39 is 0 Å². The van der Waals surface area contributed by atoms with Crippen LogP contribution in [-0.4, -0.2) is 36.0 Å². The average Bonchev–Trinajstić information content (AvgIpc) is 2.42. The fourth-order valence-corrected chi connectivity index (χ4v) is 1.99. The molecule has 1 N–H and O–H groups in total. The number of hydrogen-bond donors (Lipinski definition) is 1. The van der Waals surface area contributed by atoms with Crippen LogP contribution in [0.25, 0.3) is 0 Å². The Kier molecular flexibility index (Phi) is 6.83. The minimum Gasteiger partial charge on any atom is -0.341 e. The zero-order valence-electron chi connectivity index (χ0n) is 12.8. The first-order valence-electron chi connectivity index (χ1n) is 7.07. The fourth-order valence-electron chi connectivity index (χ4n) is 1.99. The van der Waals surface area contributed by atoms with Gasteiger partial charge in [0.05, 0.1) is 13.1 Å². The molecule has 108 valence electrons. The van der Waals surface area contributed by atoms with Crippen LogP contribution in [0.1, 0.15) is 38.1 Å². The summed E-state index contributed by atoms with van der Waals surface area (Å²) in [4.78, 5) is 14.1. The Hall–Kier alpha value is -1.79. The lowest BCUT2D eigenvalue weighted by Gasteiger charge is -2.28. The van der Waals surface area contributed by atoms with Crippen LogP contribution in [0.5, 0.6) is 0 Å². The van der Waals surface area contributed by atoms with Gasteiger partial charge >= 0.3 is 0 Å². The highest BCUT2D eigenvalue weighted by Crippen LogP contribution is 2.03. The van der Waals surface area contributed by atoms with E-state index in [-0.39, 0.29) is 5.91 Å². The van der Waals surface area contributed by atoms with Crippen LogP contribution >= 0.6 is 0 Å². The zero-order chi connectivity index (χ0) is 15.0. The number of carbonyl (C=O) groups is 1. The van der Waals surface area contributed by atoms with Crippen LogP contribution in [0.15, 0.2) is 30.3 Å². The van der Waals surface area contributed by atoms with E-state index >= 15 is 0 Å². The van der Waals surface area contributed by atoms with Crippen molar-refractivity contribution >= 4 is 5.91 Å². The first-order chi connectivity index (χ1) is 9.52. The van der Waals surface area contributed by atoms with Crippen molar-refractivity contribution in [3.63, 3.8) is 0 Å². The summed E-state index contributed by atoms with van der Waals surface area (Å²) in [6.45, 7) is 9.78. The minimum absolute atomic E-state index is 0.0792. The second-order valence-electron chi connectivity index (χ2n) is 5.26. The molecule has 1 aromatic rings. The number of nitrogens with one attached hydrogen (secondary N) is 1. The normalized spacial score (nSPS) is 10.6. The molecular formula is C17H24N2O. The molecule has 0 fully saturated rings. The molecule has 0 heterocycles. The standard InChI is InChI=1S/C17H24N2O/c1-14(2)19(15(3)4)13-9-8-12-18-17(20)16-10-6-5-7-11-16/h5-7,10-11,14-15H,12-13H2,1-4H3,(H,18,20). The molecule has 0 aromatic heterocycles. The molecule has 0 aliphatic heterocycles. The Labute approximate surface area is 122 Å². The van der Waals surface area contributed by atoms with Gasteiger partial charge < -0.3 is 5.32 Å². The van der Waals surface area contributed by atoms with E-state index in [0.717, 1.165) is 6.54 Å². The van der Waals surface area contributed by atoms with Crippen LogP contribution in [0, 0.1) is 11.8 Å². The van der Waals surface area contributed by atoms with Gasteiger partial charge in [-0.3, -0.25) is 9.69 Å². The maximum absolute atomic E-state index is 11.8. The molecule has 1 rings (SSSR count). The molecule has 0 atom stereocenters. The lowest BCUT2D eigenvalue weighted by atomic mass is 10.2. The van der Waals surface area contributed by atoms with Gasteiger partial charge in [-0.05, 0) is 39.8 Å². The van der Waals surface area contributed by atoms with Crippen molar-refractivity contribution in [2.24, 2.45) is 0 Å². The minimum atomic E-state index is -0.0792. The summed E-state index contributed by atoms with van der Waals surface area (Å²) in [7, 11) is 0. The Morgan fingerprint density at radius 3 is 2.25 bits per heavy atom. The maximum Gasteiger partial charge on any atom is 0.252 e. The van der Waals surface area contributed by atoms with Gasteiger partial charge in [0.15, 0.2) is 0 Å². The van der Waals surface area contributed by atoms with Crippen LogP contribution in [0.3, 0.4) is 0 Å². The van der Waals surface area contributed by atoms with Crippen LogP contribution in [0.2, 0.25) is 0 Å². The van der Waals surface area contributed by atoms with Gasteiger partial charge in [0, 0.05) is 17.6 Å². The van der Waals surface area contributed by atoms with Crippen molar-refractivity contribution < 1.29 is 4.79 Å². The molecule has 0 aliphatic rings. The highest BCUT2D eigenvalue weighted by Gasteiger charge is 2.10. The zero-order valence-corrected chi connectivity index (χ0v) is 12.8. The second kappa shape index (κ2) is 8.39. The monoisotopic (exact) mass is 272 g/mol. The molecule has 0 saturated heterocycles. The van der Waals surface area contributed by atoms with E-state index in [2.05, 4.69) is 49.8 Å². The first kappa shape index (κ1) is 16.3. The molecule has 0 unspecified atom stereocenters. The third kappa shape index (κ3) is 5.46. The lowest BCUT2D eigenvalue weighted by Crippen LogP contribution is -2.37. The predicted molar refractivity (Wildman–Crippen MR) is 83.5 cm³/mol. The molecule has 0 bridgehead atoms. The highest BCUT2D eigenvalue weighted by molar-refractivity contribution is 5.94. The van der Waals surface area contributed by atoms with E-state index in [9.17, 15) is 4.79 Å². The molecule has 1 amide bonds. The van der Waals surface area contributed by atoms with Gasteiger partial charge in [-0.15, -0.1) is 0 Å². The quantitative estimate of drug-likeness (QED) is 0.835. The molecule has 3 nitrogen and oxygen atoms in total. The highest BCUT2D eigenvalue weighted by atomic mass is 16.1. The van der Waals surface area contributed by atoms with Crippen molar-refractivity contribution in [1.29, 1.82) is 0 Å². The predicted octanol–water partition coefficient (Wildman–Crippen LogP) is 2.54. The Balaban J connectivity index is 2.38. The number of benzene rings is 1. The van der Waals surface area contributed by atoms with Gasteiger partial charge in [0.25, 0.3) is 5.91 Å². The van der Waals surface area contributed by atoms with E-state index in [4.69, 9.17) is 0 Å². The lowest BCUT2D eigenvalue weighted by molar-refractivity contribution is 0.0958. The molecule has 1 aromatic carbocycles. The SMILES string of the molecule is CC(C)N(CC#CCNC(=O)c1ccccc1)C(C)C. The molecular weight excluding hydrogens is 248 g/mol. The number of hydrogen-bond acceptors (Lipinski definition) is 2. The number of amides is 1. The van der Waals surface area contributed by atoms with Crippen molar-refractivity contribution in [1.82, 2.24) is 10.2 Å². The van der Waals surface area contributed by atoms with Crippen molar-refractivity contribution in [2.75, 3.05) is 13.1 Å². The summed E-state index contributed by atoms with van der Waals surface area (Å²) in [5.41, 5.74) is 0.667. The molecule has 3 heteroatoms. The third-order valence-electron chi connectivity index (χ3n) is 3.09. The van der Waals surface area contributed by atoms with Crippen LogP contribution < -0.4 is 5.32 Å². The fraction of sp³-hybridized carbons (Fsp3) is 0.471. The summed E-state index contributed by atoms with van der Waals surface area (Å²) in [5.74, 6) is 6.04. The van der Waals surface area contributed by atoms with Gasteiger partial charge in [0.1, 0.15) is 0 Å². The summed E-state index contributed by atoms with van der Waals surface area (Å²) >= 11 is 0. The number of rotatable bonds is 5. The first-order valence-corrected chi connectivity index (χ1v) is 7.07. The Morgan fingerprint density at radius 1 is 1.10 bits per heavy atom. The molecule has 0 aliphatic carbocycles. The van der Waals surface area contributed by atoms with Gasteiger partial charge in [-0.25, -0.2) is 0 Å². The Bertz CT molecular complexity index is 461. The van der Waals surface area contributed by atoms with Crippen LogP contribution in [-0.2, 0) is 0 Å². The van der Waals surface area contributed by atoms with Crippen molar-refractivity contribution in [2.45, 2.75) is 39.8 Å². The molecule has 0 saturated carbocycles. The van der Waals surface area contributed by atoms with Crippen molar-refractivity contribution in [3.8, 4) is 11.8 Å². The van der Waals surface area contributed by atoms with Gasteiger partial charge in [0.2, 0.25) is 0 Å². The summed E-state index contributed by atoms with van der Waals surface area (Å²) in [5, 5.41) is 2.80. The second-order valence-corrected chi connectivity index (χ2v) is 5.26.